The molecule has 0 rings (SSSR count). The van der Waals surface area contributed by atoms with Gasteiger partial charge in [0.1, 0.15) is 0 Å². The fourth-order valence-corrected chi connectivity index (χ4v) is 0.452. The molecule has 0 heterocycles. The van der Waals surface area contributed by atoms with Crippen molar-refractivity contribution < 1.29 is 19.4 Å². The molecule has 0 spiro atoms. The highest BCUT2D eigenvalue weighted by Gasteiger charge is 2.08. The Morgan fingerprint density at radius 2 is 1.92 bits per heavy atom. The van der Waals surface area contributed by atoms with E-state index in [1.807, 2.05) is 0 Å². The summed E-state index contributed by atoms with van der Waals surface area (Å²) < 4.78 is 4.80. The molecular formula is C8H13NO4. The van der Waals surface area contributed by atoms with Crippen molar-refractivity contribution in [3.05, 3.63) is 12.2 Å². The number of rotatable bonds is 4. The zero-order chi connectivity index (χ0) is 10.4. The fourth-order valence-electron chi connectivity index (χ4n) is 0.452. The van der Waals surface area contributed by atoms with E-state index in [1.54, 1.807) is 25.9 Å². The van der Waals surface area contributed by atoms with E-state index in [0.29, 0.717) is 0 Å². The number of esters is 1. The van der Waals surface area contributed by atoms with E-state index in [4.69, 9.17) is 9.84 Å². The first kappa shape index (κ1) is 11.6. The molecule has 0 fully saturated rings. The highest BCUT2D eigenvalue weighted by molar-refractivity contribution is 5.90. The van der Waals surface area contributed by atoms with Crippen molar-refractivity contribution in [2.24, 2.45) is 0 Å². The molecular weight excluding hydrogens is 174 g/mol. The highest BCUT2D eigenvalue weighted by atomic mass is 16.6. The van der Waals surface area contributed by atoms with Crippen LogP contribution in [0.2, 0.25) is 0 Å². The van der Waals surface area contributed by atoms with Gasteiger partial charge in [0.05, 0.1) is 0 Å². The van der Waals surface area contributed by atoms with Gasteiger partial charge in [-0.1, -0.05) is 0 Å². The second-order valence-corrected chi connectivity index (χ2v) is 2.67. The van der Waals surface area contributed by atoms with E-state index >= 15 is 0 Å². The Balaban J connectivity index is 3.95. The zero-order valence-corrected chi connectivity index (χ0v) is 7.85. The minimum Gasteiger partial charge on any atom is -0.478 e. The largest absolute Gasteiger partial charge is 0.478 e. The number of aliphatic carboxylic acids is 1. The second-order valence-electron chi connectivity index (χ2n) is 2.67. The van der Waals surface area contributed by atoms with Gasteiger partial charge in [0, 0.05) is 12.2 Å². The Labute approximate surface area is 76.6 Å². The Morgan fingerprint density at radius 1 is 1.38 bits per heavy atom. The maximum absolute atomic E-state index is 10.9. The Bertz CT molecular complexity index is 222. The van der Waals surface area contributed by atoms with Crippen LogP contribution < -0.4 is 0 Å². The number of carboxylic acid groups (broad SMARTS) is 1. The minimum atomic E-state index is -1.17. The first-order valence-electron chi connectivity index (χ1n) is 3.71. The molecule has 0 aromatic heterocycles. The summed E-state index contributed by atoms with van der Waals surface area (Å²) >= 11 is 0. The molecule has 5 heteroatoms. The van der Waals surface area contributed by atoms with E-state index in [-0.39, 0.29) is 6.23 Å². The molecule has 74 valence electrons. The summed E-state index contributed by atoms with van der Waals surface area (Å²) in [5.41, 5.74) is 0. The summed E-state index contributed by atoms with van der Waals surface area (Å²) in [5, 5.41) is 8.20. The van der Waals surface area contributed by atoms with Crippen LogP contribution in [-0.2, 0) is 14.3 Å². The van der Waals surface area contributed by atoms with E-state index in [9.17, 15) is 9.59 Å². The van der Waals surface area contributed by atoms with Crippen molar-refractivity contribution in [1.82, 2.24) is 4.90 Å². The number of hydrogen-bond acceptors (Lipinski definition) is 4. The number of hydrogen-bond donors (Lipinski definition) is 1. The molecule has 0 aliphatic rings. The molecule has 0 saturated heterocycles. The lowest BCUT2D eigenvalue weighted by Gasteiger charge is -2.18. The monoisotopic (exact) mass is 187 g/mol. The maximum atomic E-state index is 10.9. The summed E-state index contributed by atoms with van der Waals surface area (Å²) in [4.78, 5) is 22.6. The fraction of sp³-hybridized carbons (Fsp3) is 0.500. The van der Waals surface area contributed by atoms with Gasteiger partial charge in [0.25, 0.3) is 0 Å². The number of nitrogens with zero attached hydrogens (tertiary/aromatic N) is 1. The molecule has 0 aromatic carbocycles. The lowest BCUT2D eigenvalue weighted by atomic mass is 10.5. The normalized spacial score (nSPS) is 13.2. The van der Waals surface area contributed by atoms with Crippen LogP contribution >= 0.6 is 0 Å². The van der Waals surface area contributed by atoms with E-state index in [0.717, 1.165) is 12.2 Å². The van der Waals surface area contributed by atoms with Crippen molar-refractivity contribution in [3.63, 3.8) is 0 Å². The molecule has 0 saturated carbocycles. The van der Waals surface area contributed by atoms with Crippen LogP contribution in [0.3, 0.4) is 0 Å². The Kier molecular flexibility index (Phi) is 4.76. The van der Waals surface area contributed by atoms with E-state index in [2.05, 4.69) is 0 Å². The highest BCUT2D eigenvalue weighted by Crippen LogP contribution is 1.95. The van der Waals surface area contributed by atoms with Gasteiger partial charge in [-0.25, -0.2) is 9.59 Å². The van der Waals surface area contributed by atoms with Crippen LogP contribution in [-0.4, -0.2) is 42.3 Å². The molecule has 0 radical (unpaired) electrons. The van der Waals surface area contributed by atoms with E-state index < -0.39 is 11.9 Å². The van der Waals surface area contributed by atoms with E-state index in [1.165, 1.54) is 0 Å². The maximum Gasteiger partial charge on any atom is 0.332 e. The number of ether oxygens (including phenoxy) is 1. The Morgan fingerprint density at radius 3 is 2.31 bits per heavy atom. The van der Waals surface area contributed by atoms with Crippen molar-refractivity contribution >= 4 is 11.9 Å². The molecule has 0 aromatic rings. The summed E-state index contributed by atoms with van der Waals surface area (Å²) in [7, 11) is 3.50. The van der Waals surface area contributed by atoms with Gasteiger partial charge in [0.2, 0.25) is 0 Å². The van der Waals surface area contributed by atoms with Gasteiger partial charge in [-0.2, -0.15) is 0 Å². The van der Waals surface area contributed by atoms with Crippen LogP contribution in [0.4, 0.5) is 0 Å². The van der Waals surface area contributed by atoms with Gasteiger partial charge in [-0.05, 0) is 21.0 Å². The first-order valence-corrected chi connectivity index (χ1v) is 3.71. The lowest BCUT2D eigenvalue weighted by molar-refractivity contribution is -0.149. The summed E-state index contributed by atoms with van der Waals surface area (Å²) in [6.07, 6.45) is 1.25. The third-order valence-corrected chi connectivity index (χ3v) is 1.38. The van der Waals surface area contributed by atoms with Crippen molar-refractivity contribution in [1.29, 1.82) is 0 Å². The van der Waals surface area contributed by atoms with Gasteiger partial charge >= 0.3 is 11.9 Å². The van der Waals surface area contributed by atoms with Crippen molar-refractivity contribution in [3.8, 4) is 0 Å². The predicted octanol–water partition coefficient (Wildman–Crippen LogP) is 0.0780. The van der Waals surface area contributed by atoms with Crippen molar-refractivity contribution in [2.75, 3.05) is 14.1 Å². The molecule has 0 aliphatic heterocycles. The number of carboxylic acids is 1. The Hall–Kier alpha value is -1.36. The summed E-state index contributed by atoms with van der Waals surface area (Å²) in [6, 6.07) is 0. The number of carbonyl (C=O) groups is 2. The quantitative estimate of drug-likeness (QED) is 0.383. The molecule has 5 nitrogen and oxygen atoms in total. The molecule has 0 bridgehead atoms. The van der Waals surface area contributed by atoms with Crippen LogP contribution in [0.1, 0.15) is 6.92 Å². The average molecular weight is 187 g/mol. The third-order valence-electron chi connectivity index (χ3n) is 1.38. The summed E-state index contributed by atoms with van der Waals surface area (Å²) in [6.45, 7) is 1.69. The molecule has 1 unspecified atom stereocenters. The van der Waals surface area contributed by atoms with Gasteiger partial charge in [-0.15, -0.1) is 0 Å². The lowest BCUT2D eigenvalue weighted by Crippen LogP contribution is -2.29. The van der Waals surface area contributed by atoms with Crippen LogP contribution in [0.5, 0.6) is 0 Å². The second kappa shape index (κ2) is 5.31. The topological polar surface area (TPSA) is 66.8 Å². The third kappa shape index (κ3) is 5.86. The predicted molar refractivity (Wildman–Crippen MR) is 46.0 cm³/mol. The molecule has 13 heavy (non-hydrogen) atoms. The van der Waals surface area contributed by atoms with Gasteiger partial charge in [0.15, 0.2) is 6.23 Å². The van der Waals surface area contributed by atoms with Gasteiger partial charge < -0.3 is 9.84 Å². The van der Waals surface area contributed by atoms with Crippen LogP contribution in [0, 0.1) is 0 Å². The summed E-state index contributed by atoms with van der Waals surface area (Å²) in [5.74, 6) is -1.84. The van der Waals surface area contributed by atoms with Crippen LogP contribution in [0.15, 0.2) is 12.2 Å². The van der Waals surface area contributed by atoms with Crippen LogP contribution in [0.25, 0.3) is 0 Å². The molecule has 1 atom stereocenters. The smallest absolute Gasteiger partial charge is 0.332 e. The zero-order valence-electron chi connectivity index (χ0n) is 7.85. The minimum absolute atomic E-state index is 0.369. The first-order chi connectivity index (χ1) is 5.93. The van der Waals surface area contributed by atoms with Gasteiger partial charge in [-0.3, -0.25) is 4.90 Å². The molecule has 0 amide bonds. The average Bonchev–Trinajstić information content (AvgIpc) is 2.00. The molecule has 1 N–H and O–H groups in total. The molecule has 0 aliphatic carbocycles. The SMILES string of the molecule is CC(OC(=O)/C=C\C(=O)O)N(C)C. The van der Waals surface area contributed by atoms with Crippen molar-refractivity contribution in [2.45, 2.75) is 13.2 Å². The number of carbonyl (C=O) groups excluding carboxylic acids is 1. The standard InChI is InChI=1S/C8H13NO4/c1-6(9(2)3)13-8(12)5-4-7(10)11/h4-6H,1-3H3,(H,10,11)/b5-4-.